The minimum absolute atomic E-state index is 0.884. The minimum Gasteiger partial charge on any atom is -0.497 e. The summed E-state index contributed by atoms with van der Waals surface area (Å²) in [5.41, 5.74) is 3.66. The number of methoxy groups -OCH3 is 1. The van der Waals surface area contributed by atoms with Gasteiger partial charge in [0.2, 0.25) is 0 Å². The lowest BCUT2D eigenvalue weighted by molar-refractivity contribution is 0.415. The van der Waals surface area contributed by atoms with E-state index in [1.807, 2.05) is 12.1 Å². The van der Waals surface area contributed by atoms with Gasteiger partial charge in [-0.15, -0.1) is 11.8 Å². The van der Waals surface area contributed by atoms with Crippen LogP contribution in [0.3, 0.4) is 0 Å². The molecular formula is C16H15NOS. The van der Waals surface area contributed by atoms with E-state index >= 15 is 0 Å². The first kappa shape index (κ1) is 12.2. The summed E-state index contributed by atoms with van der Waals surface area (Å²) in [6.07, 6.45) is 2.09. The molecule has 0 aliphatic rings. The van der Waals surface area contributed by atoms with E-state index < -0.39 is 0 Å². The van der Waals surface area contributed by atoms with Crippen LogP contribution in [-0.2, 0) is 0 Å². The van der Waals surface area contributed by atoms with E-state index in [1.54, 1.807) is 18.9 Å². The molecular weight excluding hydrogens is 254 g/mol. The van der Waals surface area contributed by atoms with Crippen LogP contribution in [0.1, 0.15) is 0 Å². The molecule has 19 heavy (non-hydrogen) atoms. The fourth-order valence-corrected chi connectivity index (χ4v) is 2.96. The van der Waals surface area contributed by atoms with Gasteiger partial charge in [0.1, 0.15) is 5.75 Å². The molecule has 3 rings (SSSR count). The molecule has 96 valence electrons. The average Bonchev–Trinajstić information content (AvgIpc) is 2.86. The van der Waals surface area contributed by atoms with E-state index in [2.05, 4.69) is 47.6 Å². The Morgan fingerprint density at radius 3 is 2.42 bits per heavy atom. The normalized spacial score (nSPS) is 10.8. The highest BCUT2D eigenvalue weighted by molar-refractivity contribution is 7.98. The highest BCUT2D eigenvalue weighted by atomic mass is 32.2. The molecule has 0 unspecified atom stereocenters. The molecule has 0 atom stereocenters. The Kier molecular flexibility index (Phi) is 3.22. The lowest BCUT2D eigenvalue weighted by Gasteiger charge is -2.05. The summed E-state index contributed by atoms with van der Waals surface area (Å²) in [5, 5.41) is 2.46. The van der Waals surface area contributed by atoms with Gasteiger partial charge in [-0.3, -0.25) is 0 Å². The molecule has 0 fully saturated rings. The van der Waals surface area contributed by atoms with Crippen molar-refractivity contribution in [3.8, 4) is 16.9 Å². The molecule has 0 aliphatic carbocycles. The number of benzene rings is 2. The van der Waals surface area contributed by atoms with Crippen molar-refractivity contribution < 1.29 is 4.74 Å². The fraction of sp³-hybridized carbons (Fsp3) is 0.125. The fourth-order valence-electron chi connectivity index (χ4n) is 2.31. The molecule has 1 heterocycles. The molecule has 0 saturated carbocycles. The maximum atomic E-state index is 5.22. The monoisotopic (exact) mass is 269 g/mol. The highest BCUT2D eigenvalue weighted by Crippen LogP contribution is 2.37. The lowest BCUT2D eigenvalue weighted by Crippen LogP contribution is -1.83. The number of aromatic amines is 1. The molecule has 2 aromatic carbocycles. The van der Waals surface area contributed by atoms with Gasteiger partial charge in [0.05, 0.1) is 12.1 Å². The number of hydrogen-bond donors (Lipinski definition) is 1. The Hall–Kier alpha value is -1.87. The molecule has 3 aromatic rings. The summed E-state index contributed by atoms with van der Waals surface area (Å²) < 4.78 is 5.22. The molecule has 0 radical (unpaired) electrons. The van der Waals surface area contributed by atoms with Gasteiger partial charge in [-0.2, -0.15) is 0 Å². The molecule has 0 saturated heterocycles. The Morgan fingerprint density at radius 2 is 1.74 bits per heavy atom. The van der Waals surface area contributed by atoms with Crippen LogP contribution in [0.4, 0.5) is 0 Å². The van der Waals surface area contributed by atoms with Crippen molar-refractivity contribution in [2.45, 2.75) is 5.03 Å². The van der Waals surface area contributed by atoms with Crippen LogP contribution < -0.4 is 4.74 Å². The quantitative estimate of drug-likeness (QED) is 0.705. The van der Waals surface area contributed by atoms with E-state index in [9.17, 15) is 0 Å². The zero-order valence-electron chi connectivity index (χ0n) is 10.9. The predicted molar refractivity (Wildman–Crippen MR) is 82.1 cm³/mol. The van der Waals surface area contributed by atoms with Gasteiger partial charge in [-0.25, -0.2) is 0 Å². The number of rotatable bonds is 3. The molecule has 0 aliphatic heterocycles. The average molecular weight is 269 g/mol. The zero-order valence-corrected chi connectivity index (χ0v) is 11.8. The van der Waals surface area contributed by atoms with E-state index in [-0.39, 0.29) is 0 Å². The van der Waals surface area contributed by atoms with Crippen molar-refractivity contribution in [3.05, 3.63) is 48.5 Å². The second-order valence-electron chi connectivity index (χ2n) is 4.31. The number of ether oxygens (including phenoxy) is 1. The molecule has 1 aromatic heterocycles. The van der Waals surface area contributed by atoms with Gasteiger partial charge in [-0.1, -0.05) is 30.3 Å². The van der Waals surface area contributed by atoms with Crippen molar-refractivity contribution in [3.63, 3.8) is 0 Å². The maximum absolute atomic E-state index is 5.22. The molecule has 1 N–H and O–H groups in total. The van der Waals surface area contributed by atoms with E-state index in [0.29, 0.717) is 0 Å². The van der Waals surface area contributed by atoms with Crippen LogP contribution in [0.15, 0.2) is 53.6 Å². The molecule has 0 bridgehead atoms. The Balaban J connectivity index is 2.21. The summed E-state index contributed by atoms with van der Waals surface area (Å²) in [5.74, 6) is 0.884. The molecule has 0 spiro atoms. The summed E-state index contributed by atoms with van der Waals surface area (Å²) in [7, 11) is 1.69. The topological polar surface area (TPSA) is 25.0 Å². The van der Waals surface area contributed by atoms with E-state index in [4.69, 9.17) is 4.74 Å². The van der Waals surface area contributed by atoms with Gasteiger partial charge in [0.25, 0.3) is 0 Å². The maximum Gasteiger partial charge on any atom is 0.118 e. The van der Waals surface area contributed by atoms with Gasteiger partial charge in [-0.05, 0) is 30.0 Å². The molecule has 3 heteroatoms. The standard InChI is InChI=1S/C16H15NOS/c1-18-12-9-7-11(8-10-12)15-13-5-3-4-6-14(13)17-16(15)19-2/h3-10,17H,1-2H3. The third-order valence-electron chi connectivity index (χ3n) is 3.25. The molecule has 0 amide bonds. The number of H-pyrrole nitrogens is 1. The summed E-state index contributed by atoms with van der Waals surface area (Å²) in [4.78, 5) is 3.47. The molecule has 2 nitrogen and oxygen atoms in total. The lowest BCUT2D eigenvalue weighted by atomic mass is 10.0. The smallest absolute Gasteiger partial charge is 0.118 e. The van der Waals surface area contributed by atoms with Gasteiger partial charge < -0.3 is 9.72 Å². The van der Waals surface area contributed by atoms with Crippen molar-refractivity contribution >= 4 is 22.7 Å². The summed E-state index contributed by atoms with van der Waals surface area (Å²) in [6.45, 7) is 0. The van der Waals surface area contributed by atoms with Gasteiger partial charge >= 0.3 is 0 Å². The van der Waals surface area contributed by atoms with Crippen LogP contribution in [0.2, 0.25) is 0 Å². The Morgan fingerprint density at radius 1 is 1.00 bits per heavy atom. The highest BCUT2D eigenvalue weighted by Gasteiger charge is 2.12. The van der Waals surface area contributed by atoms with Gasteiger partial charge in [0.15, 0.2) is 0 Å². The number of nitrogens with one attached hydrogen (secondary N) is 1. The minimum atomic E-state index is 0.884. The first-order valence-electron chi connectivity index (χ1n) is 6.12. The number of thioether (sulfide) groups is 1. The zero-order chi connectivity index (χ0) is 13.2. The van der Waals surface area contributed by atoms with Crippen molar-refractivity contribution in [1.82, 2.24) is 4.98 Å². The number of para-hydroxylation sites is 1. The third-order valence-corrected chi connectivity index (χ3v) is 3.97. The summed E-state index contributed by atoms with van der Waals surface area (Å²) in [6, 6.07) is 16.6. The first-order chi connectivity index (χ1) is 9.33. The number of hydrogen-bond acceptors (Lipinski definition) is 2. The van der Waals surface area contributed by atoms with Crippen molar-refractivity contribution in [2.75, 3.05) is 13.4 Å². The number of aromatic nitrogens is 1. The van der Waals surface area contributed by atoms with E-state index in [1.165, 1.54) is 27.1 Å². The Labute approximate surface area is 116 Å². The summed E-state index contributed by atoms with van der Waals surface area (Å²) >= 11 is 1.74. The first-order valence-corrected chi connectivity index (χ1v) is 7.35. The number of fused-ring (bicyclic) bond motifs is 1. The van der Waals surface area contributed by atoms with Crippen LogP contribution in [0.25, 0.3) is 22.0 Å². The van der Waals surface area contributed by atoms with Crippen LogP contribution >= 0.6 is 11.8 Å². The third kappa shape index (κ3) is 2.10. The van der Waals surface area contributed by atoms with Crippen LogP contribution in [0, 0.1) is 0 Å². The second kappa shape index (κ2) is 5.02. The van der Waals surface area contributed by atoms with Crippen LogP contribution in [0.5, 0.6) is 5.75 Å². The van der Waals surface area contributed by atoms with Crippen molar-refractivity contribution in [2.24, 2.45) is 0 Å². The van der Waals surface area contributed by atoms with Crippen LogP contribution in [-0.4, -0.2) is 18.3 Å². The van der Waals surface area contributed by atoms with Crippen molar-refractivity contribution in [1.29, 1.82) is 0 Å². The largest absolute Gasteiger partial charge is 0.497 e. The van der Waals surface area contributed by atoms with Gasteiger partial charge in [0, 0.05) is 16.5 Å². The van der Waals surface area contributed by atoms with E-state index in [0.717, 1.165) is 5.75 Å². The Bertz CT molecular complexity index is 700. The predicted octanol–water partition coefficient (Wildman–Crippen LogP) is 4.57. The second-order valence-corrected chi connectivity index (χ2v) is 5.12. The SMILES string of the molecule is COc1ccc(-c2c(SC)[nH]c3ccccc23)cc1.